The fraction of sp³-hybridized carbons (Fsp3) is 0.417. The van der Waals surface area contributed by atoms with Crippen LogP contribution in [0.4, 0.5) is 0 Å². The second kappa shape index (κ2) is 4.28. The van der Waals surface area contributed by atoms with Gasteiger partial charge in [0.25, 0.3) is 5.65 Å². The molecule has 0 radical (unpaired) electrons. The summed E-state index contributed by atoms with van der Waals surface area (Å²) in [7, 11) is 6.09. The number of imidazole rings is 1. The van der Waals surface area contributed by atoms with Crippen molar-refractivity contribution in [2.75, 3.05) is 19.3 Å². The van der Waals surface area contributed by atoms with Crippen LogP contribution in [0.1, 0.15) is 5.69 Å². The second-order valence-electron chi connectivity index (χ2n) is 4.52. The van der Waals surface area contributed by atoms with Crippen molar-refractivity contribution in [1.29, 1.82) is 0 Å². The van der Waals surface area contributed by atoms with Crippen LogP contribution in [0.5, 0.6) is 0 Å². The van der Waals surface area contributed by atoms with Gasteiger partial charge in [-0.3, -0.25) is 0 Å². The van der Waals surface area contributed by atoms with Crippen LogP contribution in [-0.2, 0) is 14.1 Å². The molecule has 5 nitrogen and oxygen atoms in total. The van der Waals surface area contributed by atoms with Crippen molar-refractivity contribution < 1.29 is 4.57 Å². The van der Waals surface area contributed by atoms with E-state index >= 15 is 0 Å². The zero-order valence-corrected chi connectivity index (χ0v) is 11.6. The van der Waals surface area contributed by atoms with Crippen LogP contribution in [0.25, 0.3) is 17.2 Å². The standard InChI is InChI=1S/C12H16N5S/c1-15-4-5-18-10(15)6-9-11-12(14-8-16(11)2)17(3)7-13-9/h6-8H,4-5H2,1-3H3/q+1. The summed E-state index contributed by atoms with van der Waals surface area (Å²) in [5.74, 6) is 1.15. The molecule has 2 aromatic rings. The fourth-order valence-electron chi connectivity index (χ4n) is 2.12. The minimum Gasteiger partial charge on any atom is -0.368 e. The number of rotatable bonds is 1. The molecule has 3 rings (SSSR count). The van der Waals surface area contributed by atoms with Crippen LogP contribution < -0.4 is 4.57 Å². The Morgan fingerprint density at radius 3 is 2.94 bits per heavy atom. The van der Waals surface area contributed by atoms with E-state index in [-0.39, 0.29) is 0 Å². The van der Waals surface area contributed by atoms with E-state index in [9.17, 15) is 0 Å². The summed E-state index contributed by atoms with van der Waals surface area (Å²) < 4.78 is 3.97. The third-order valence-corrected chi connectivity index (χ3v) is 4.29. The SMILES string of the molecule is CN1CCS/C1=C\c1nc[n+](C)c2ncn(C)c12. The molecule has 0 saturated carbocycles. The summed E-state index contributed by atoms with van der Waals surface area (Å²) >= 11 is 1.88. The summed E-state index contributed by atoms with van der Waals surface area (Å²) in [5.41, 5.74) is 3.03. The van der Waals surface area contributed by atoms with Crippen LogP contribution in [0.3, 0.4) is 0 Å². The zero-order chi connectivity index (χ0) is 12.7. The Morgan fingerprint density at radius 2 is 2.22 bits per heavy atom. The third kappa shape index (κ3) is 1.77. The Kier molecular flexibility index (Phi) is 2.74. The number of aryl methyl sites for hydroxylation is 2. The topological polar surface area (TPSA) is 37.8 Å². The lowest BCUT2D eigenvalue weighted by atomic mass is 10.3. The summed E-state index contributed by atoms with van der Waals surface area (Å²) in [6, 6.07) is 0. The summed E-state index contributed by atoms with van der Waals surface area (Å²) in [5, 5.41) is 1.28. The van der Waals surface area contributed by atoms with Gasteiger partial charge in [-0.2, -0.15) is 0 Å². The van der Waals surface area contributed by atoms with Gasteiger partial charge in [0.2, 0.25) is 6.33 Å². The van der Waals surface area contributed by atoms with E-state index in [1.165, 1.54) is 5.03 Å². The Bertz CT molecular complexity index is 631. The highest BCUT2D eigenvalue weighted by Gasteiger charge is 2.19. The molecule has 0 atom stereocenters. The van der Waals surface area contributed by atoms with Crippen LogP contribution >= 0.6 is 11.8 Å². The van der Waals surface area contributed by atoms with Crippen molar-refractivity contribution >= 4 is 29.0 Å². The number of fused-ring (bicyclic) bond motifs is 1. The first kappa shape index (κ1) is 11.5. The van der Waals surface area contributed by atoms with Crippen LogP contribution in [0.2, 0.25) is 0 Å². The molecule has 0 N–H and O–H groups in total. The monoisotopic (exact) mass is 262 g/mol. The van der Waals surface area contributed by atoms with Crippen molar-refractivity contribution in [3.63, 3.8) is 0 Å². The highest BCUT2D eigenvalue weighted by atomic mass is 32.2. The molecule has 94 valence electrons. The zero-order valence-electron chi connectivity index (χ0n) is 10.8. The second-order valence-corrected chi connectivity index (χ2v) is 5.64. The molecular formula is C12H16N5S+. The normalized spacial score (nSPS) is 18.2. The maximum absolute atomic E-state index is 4.52. The number of hydrogen-bond donors (Lipinski definition) is 0. The highest BCUT2D eigenvalue weighted by molar-refractivity contribution is 8.03. The number of thioether (sulfide) groups is 1. The molecule has 6 heteroatoms. The van der Waals surface area contributed by atoms with Crippen LogP contribution in [0.15, 0.2) is 17.7 Å². The Hall–Kier alpha value is -1.56. The van der Waals surface area contributed by atoms with Crippen molar-refractivity contribution in [3.05, 3.63) is 23.4 Å². The lowest BCUT2D eigenvalue weighted by Gasteiger charge is -2.10. The predicted molar refractivity (Wildman–Crippen MR) is 72.8 cm³/mol. The van der Waals surface area contributed by atoms with E-state index in [0.717, 1.165) is 29.2 Å². The Morgan fingerprint density at radius 1 is 1.39 bits per heavy atom. The Balaban J connectivity index is 2.18. The van der Waals surface area contributed by atoms with Gasteiger partial charge in [0, 0.05) is 32.5 Å². The predicted octanol–water partition coefficient (Wildman–Crippen LogP) is 0.770. The Labute approximate surface area is 110 Å². The van der Waals surface area contributed by atoms with Crippen molar-refractivity contribution in [1.82, 2.24) is 19.4 Å². The molecule has 2 aromatic heterocycles. The third-order valence-electron chi connectivity index (χ3n) is 3.18. The fourth-order valence-corrected chi connectivity index (χ4v) is 3.20. The van der Waals surface area contributed by atoms with Crippen molar-refractivity contribution in [2.45, 2.75) is 0 Å². The van der Waals surface area contributed by atoms with Gasteiger partial charge in [-0.15, -0.1) is 16.7 Å². The largest absolute Gasteiger partial charge is 0.368 e. The van der Waals surface area contributed by atoms with E-state index in [1.807, 2.05) is 47.6 Å². The average Bonchev–Trinajstić information content (AvgIpc) is 2.91. The highest BCUT2D eigenvalue weighted by Crippen LogP contribution is 2.28. The molecule has 0 unspecified atom stereocenters. The van der Waals surface area contributed by atoms with E-state index in [1.54, 1.807) is 0 Å². The van der Waals surface area contributed by atoms with Gasteiger partial charge in [0.05, 0.1) is 12.1 Å². The maximum Gasteiger partial charge on any atom is 0.291 e. The number of hydrogen-bond acceptors (Lipinski definition) is 4. The molecule has 0 amide bonds. The molecule has 1 saturated heterocycles. The van der Waals surface area contributed by atoms with Gasteiger partial charge in [-0.05, 0) is 0 Å². The first-order chi connectivity index (χ1) is 8.66. The van der Waals surface area contributed by atoms with Crippen LogP contribution in [-0.4, -0.2) is 38.8 Å². The van der Waals surface area contributed by atoms with Gasteiger partial charge in [0.1, 0.15) is 0 Å². The average molecular weight is 262 g/mol. The summed E-state index contributed by atoms with van der Waals surface area (Å²) in [6.07, 6.45) is 5.81. The smallest absolute Gasteiger partial charge is 0.291 e. The summed E-state index contributed by atoms with van der Waals surface area (Å²) in [6.45, 7) is 1.10. The molecule has 0 spiro atoms. The van der Waals surface area contributed by atoms with Gasteiger partial charge in [-0.25, -0.2) is 4.57 Å². The lowest BCUT2D eigenvalue weighted by molar-refractivity contribution is -0.649. The minimum absolute atomic E-state index is 0.963. The lowest BCUT2D eigenvalue weighted by Crippen LogP contribution is -2.30. The molecule has 1 aliphatic heterocycles. The number of nitrogens with zero attached hydrogens (tertiary/aromatic N) is 5. The molecule has 0 aromatic carbocycles. The molecule has 18 heavy (non-hydrogen) atoms. The maximum atomic E-state index is 4.52. The van der Waals surface area contributed by atoms with Crippen molar-refractivity contribution in [2.24, 2.45) is 14.1 Å². The first-order valence-corrected chi connectivity index (χ1v) is 6.86. The van der Waals surface area contributed by atoms with Gasteiger partial charge in [-0.1, -0.05) is 4.98 Å². The molecular weight excluding hydrogens is 246 g/mol. The minimum atomic E-state index is 0.963. The molecule has 0 aliphatic carbocycles. The molecule has 3 heterocycles. The molecule has 1 aliphatic rings. The van der Waals surface area contributed by atoms with E-state index < -0.39 is 0 Å². The van der Waals surface area contributed by atoms with Gasteiger partial charge >= 0.3 is 0 Å². The molecule has 0 bridgehead atoms. The number of aromatic nitrogens is 4. The van der Waals surface area contributed by atoms with Gasteiger partial charge < -0.3 is 9.47 Å². The summed E-state index contributed by atoms with van der Waals surface area (Å²) in [4.78, 5) is 11.2. The van der Waals surface area contributed by atoms with E-state index in [0.29, 0.717) is 0 Å². The van der Waals surface area contributed by atoms with Crippen molar-refractivity contribution in [3.8, 4) is 0 Å². The van der Waals surface area contributed by atoms with E-state index in [4.69, 9.17) is 0 Å². The molecule has 1 fully saturated rings. The first-order valence-electron chi connectivity index (χ1n) is 5.88. The van der Waals surface area contributed by atoms with Gasteiger partial charge in [0.15, 0.2) is 17.5 Å². The van der Waals surface area contributed by atoms with Crippen LogP contribution in [0, 0.1) is 0 Å². The quantitative estimate of drug-likeness (QED) is 0.712. The van der Waals surface area contributed by atoms with E-state index in [2.05, 4.69) is 28.0 Å².